The topological polar surface area (TPSA) is 105 Å². The first-order valence-electron chi connectivity index (χ1n) is 9.67. The number of carbonyl (C=O) groups is 4. The normalized spacial score (nSPS) is 8.19. The monoisotopic (exact) mass is 442 g/mol. The summed E-state index contributed by atoms with van der Waals surface area (Å²) in [6.07, 6.45) is 6.57. The van der Waals surface area contributed by atoms with Crippen molar-refractivity contribution in [1.29, 1.82) is 0 Å². The molecule has 8 nitrogen and oxygen atoms in total. The van der Waals surface area contributed by atoms with Crippen molar-refractivity contribution in [2.24, 2.45) is 5.92 Å². The number of unbranched alkanes of at least 4 members (excludes halogenated alkanes) is 1. The first kappa shape index (κ1) is 35.3. The van der Waals surface area contributed by atoms with Gasteiger partial charge in [-0.1, -0.05) is 53.5 Å². The molecule has 0 aromatic carbocycles. The molecule has 0 saturated carbocycles. The Morgan fingerprint density at radius 2 is 1.16 bits per heavy atom. The van der Waals surface area contributed by atoms with Gasteiger partial charge in [-0.2, -0.15) is 0 Å². The largest absolute Gasteiger partial charge is 0.466 e. The fraction of sp³-hybridized carbons (Fsp3) is 0.478. The van der Waals surface area contributed by atoms with E-state index in [0.717, 1.165) is 25.0 Å². The van der Waals surface area contributed by atoms with Crippen LogP contribution in [0.5, 0.6) is 0 Å². The average Bonchev–Trinajstić information content (AvgIpc) is 2.78. The Kier molecular flexibility index (Phi) is 33.1. The minimum Gasteiger partial charge on any atom is -0.466 e. The SMILES string of the molecule is C=CC(=O)OC.C=CC(=O)OCC.C=CC(=O)OCC(C)C.C=CC(=O)OCCCC. The minimum absolute atomic E-state index is 0.330. The summed E-state index contributed by atoms with van der Waals surface area (Å²) in [5.41, 5.74) is 0. The number of ether oxygens (including phenoxy) is 4. The van der Waals surface area contributed by atoms with Crippen LogP contribution in [-0.4, -0.2) is 50.8 Å². The van der Waals surface area contributed by atoms with Crippen molar-refractivity contribution in [1.82, 2.24) is 0 Å². The van der Waals surface area contributed by atoms with E-state index in [2.05, 4.69) is 40.5 Å². The second-order valence-electron chi connectivity index (χ2n) is 5.64. The van der Waals surface area contributed by atoms with E-state index in [1.54, 1.807) is 6.92 Å². The molecular weight excluding hydrogens is 404 g/mol. The molecule has 0 amide bonds. The van der Waals surface area contributed by atoms with E-state index in [9.17, 15) is 19.2 Å². The van der Waals surface area contributed by atoms with Gasteiger partial charge in [-0.3, -0.25) is 0 Å². The van der Waals surface area contributed by atoms with Crippen LogP contribution in [0.4, 0.5) is 0 Å². The molecule has 0 rings (SSSR count). The molecule has 0 bridgehead atoms. The summed E-state index contributed by atoms with van der Waals surface area (Å²) in [5, 5.41) is 0. The highest BCUT2D eigenvalue weighted by atomic mass is 16.5. The third-order valence-electron chi connectivity index (χ3n) is 2.46. The summed E-state index contributed by atoms with van der Waals surface area (Å²) >= 11 is 0. The molecule has 0 aliphatic carbocycles. The van der Waals surface area contributed by atoms with Gasteiger partial charge < -0.3 is 18.9 Å². The molecule has 0 aliphatic rings. The smallest absolute Gasteiger partial charge is 0.330 e. The van der Waals surface area contributed by atoms with Crippen molar-refractivity contribution < 1.29 is 38.1 Å². The molecule has 178 valence electrons. The van der Waals surface area contributed by atoms with Gasteiger partial charge in [0.25, 0.3) is 0 Å². The van der Waals surface area contributed by atoms with Crippen LogP contribution in [0.1, 0.15) is 40.5 Å². The van der Waals surface area contributed by atoms with Crippen molar-refractivity contribution in [3.05, 3.63) is 50.6 Å². The third-order valence-corrected chi connectivity index (χ3v) is 2.46. The van der Waals surface area contributed by atoms with Crippen LogP contribution < -0.4 is 0 Å². The highest BCUT2D eigenvalue weighted by molar-refractivity contribution is 5.82. The van der Waals surface area contributed by atoms with Crippen LogP contribution in [0, 0.1) is 5.92 Å². The molecule has 8 heteroatoms. The van der Waals surface area contributed by atoms with Gasteiger partial charge in [0.05, 0.1) is 26.9 Å². The van der Waals surface area contributed by atoms with Crippen LogP contribution in [0.15, 0.2) is 50.6 Å². The third kappa shape index (κ3) is 42.1. The van der Waals surface area contributed by atoms with Crippen molar-refractivity contribution in [2.45, 2.75) is 40.5 Å². The van der Waals surface area contributed by atoms with E-state index in [1.807, 2.05) is 20.8 Å². The Morgan fingerprint density at radius 1 is 0.742 bits per heavy atom. The number of hydrogen-bond acceptors (Lipinski definition) is 8. The molecule has 0 aromatic rings. The summed E-state index contributed by atoms with van der Waals surface area (Å²) in [7, 11) is 1.31. The molecular formula is C23H38O8. The molecule has 0 aliphatic heterocycles. The number of methoxy groups -OCH3 is 1. The molecule has 31 heavy (non-hydrogen) atoms. The molecule has 0 heterocycles. The zero-order valence-electron chi connectivity index (χ0n) is 19.5. The van der Waals surface area contributed by atoms with Crippen LogP contribution in [-0.2, 0) is 38.1 Å². The Balaban J connectivity index is -0.000000159. The van der Waals surface area contributed by atoms with E-state index < -0.39 is 5.97 Å². The van der Waals surface area contributed by atoms with E-state index in [4.69, 9.17) is 4.74 Å². The van der Waals surface area contributed by atoms with Crippen molar-refractivity contribution >= 4 is 23.9 Å². The lowest BCUT2D eigenvalue weighted by Crippen LogP contribution is -2.06. The van der Waals surface area contributed by atoms with Gasteiger partial charge in [-0.05, 0) is 19.3 Å². The van der Waals surface area contributed by atoms with Gasteiger partial charge in [0.2, 0.25) is 0 Å². The molecule has 0 aromatic heterocycles. The molecule has 0 atom stereocenters. The Morgan fingerprint density at radius 3 is 1.42 bits per heavy atom. The fourth-order valence-corrected chi connectivity index (χ4v) is 0.968. The zero-order chi connectivity index (χ0) is 25.1. The highest BCUT2D eigenvalue weighted by Gasteiger charge is 1.96. The van der Waals surface area contributed by atoms with Gasteiger partial charge >= 0.3 is 23.9 Å². The lowest BCUT2D eigenvalue weighted by molar-refractivity contribution is -0.139. The predicted octanol–water partition coefficient (Wildman–Crippen LogP) is 3.97. The number of esters is 4. The summed E-state index contributed by atoms with van der Waals surface area (Å²) in [5.74, 6) is -1.03. The summed E-state index contributed by atoms with van der Waals surface area (Å²) in [6, 6.07) is 0. The molecule has 0 unspecified atom stereocenters. The zero-order valence-corrected chi connectivity index (χ0v) is 19.5. The maximum absolute atomic E-state index is 10.4. The summed E-state index contributed by atoms with van der Waals surface area (Å²) in [4.78, 5) is 40.6. The van der Waals surface area contributed by atoms with Crippen LogP contribution in [0.25, 0.3) is 0 Å². The Labute approximate surface area is 186 Å². The van der Waals surface area contributed by atoms with E-state index in [1.165, 1.54) is 19.3 Å². The van der Waals surface area contributed by atoms with E-state index in [-0.39, 0.29) is 17.9 Å². The van der Waals surface area contributed by atoms with Gasteiger partial charge in [-0.25, -0.2) is 19.2 Å². The number of carbonyl (C=O) groups excluding carboxylic acids is 4. The summed E-state index contributed by atoms with van der Waals surface area (Å²) < 4.78 is 17.9. The first-order chi connectivity index (χ1) is 14.6. The average molecular weight is 443 g/mol. The maximum atomic E-state index is 10.4. The van der Waals surface area contributed by atoms with Crippen molar-refractivity contribution in [3.8, 4) is 0 Å². The number of hydrogen-bond donors (Lipinski definition) is 0. The molecule has 0 spiro atoms. The van der Waals surface area contributed by atoms with Gasteiger partial charge in [-0.15, -0.1) is 0 Å². The minimum atomic E-state index is -0.394. The Bertz CT molecular complexity index is 536. The Hall–Kier alpha value is -3.16. The standard InChI is InChI=1S/2C7H12O2.C5H8O2.C4H6O2/c1-4-7(8)9-5-6(2)3;1-3-5-6-9-7(8)4-2;1-3-5(6)7-4-2;1-3-4(5)6-2/h4,6H,1,5H2,2-3H3;4H,2-3,5-6H2,1H3;3H,1,4H2,2H3;3H,1H2,2H3. The maximum Gasteiger partial charge on any atom is 0.330 e. The molecule has 0 radical (unpaired) electrons. The second-order valence-corrected chi connectivity index (χ2v) is 5.64. The predicted molar refractivity (Wildman–Crippen MR) is 121 cm³/mol. The van der Waals surface area contributed by atoms with Crippen molar-refractivity contribution in [3.63, 3.8) is 0 Å². The fourth-order valence-electron chi connectivity index (χ4n) is 0.968. The van der Waals surface area contributed by atoms with Gasteiger partial charge in [0.1, 0.15) is 0 Å². The number of rotatable bonds is 10. The van der Waals surface area contributed by atoms with Gasteiger partial charge in [0.15, 0.2) is 0 Å². The summed E-state index contributed by atoms with van der Waals surface area (Å²) in [6.45, 7) is 22.1. The lowest BCUT2D eigenvalue weighted by atomic mass is 10.2. The van der Waals surface area contributed by atoms with E-state index >= 15 is 0 Å². The van der Waals surface area contributed by atoms with Crippen LogP contribution in [0.3, 0.4) is 0 Å². The molecule has 0 fully saturated rings. The quantitative estimate of drug-likeness (QED) is 0.217. The van der Waals surface area contributed by atoms with Gasteiger partial charge in [0, 0.05) is 24.3 Å². The molecule has 0 saturated heterocycles. The van der Waals surface area contributed by atoms with Crippen LogP contribution in [0.2, 0.25) is 0 Å². The molecule has 0 N–H and O–H groups in total. The first-order valence-corrected chi connectivity index (χ1v) is 9.67. The highest BCUT2D eigenvalue weighted by Crippen LogP contribution is 1.92. The van der Waals surface area contributed by atoms with Crippen molar-refractivity contribution in [2.75, 3.05) is 26.9 Å². The lowest BCUT2D eigenvalue weighted by Gasteiger charge is -2.02. The van der Waals surface area contributed by atoms with E-state index in [0.29, 0.717) is 25.7 Å². The second kappa shape index (κ2) is 29.0. The van der Waals surface area contributed by atoms with Crippen LogP contribution >= 0.6 is 0 Å².